The number of carbonyl (C=O) groups excluding carboxylic acids is 1. The van der Waals surface area contributed by atoms with Gasteiger partial charge in [0.1, 0.15) is 17.3 Å². The summed E-state index contributed by atoms with van der Waals surface area (Å²) in [5, 5.41) is 3.56. The van der Waals surface area contributed by atoms with E-state index in [0.717, 1.165) is 63.6 Å². The van der Waals surface area contributed by atoms with Crippen LogP contribution in [0.25, 0.3) is 11.3 Å². The lowest BCUT2D eigenvalue weighted by molar-refractivity contribution is -0.137. The lowest BCUT2D eigenvalue weighted by atomic mass is 10.1. The Hall–Kier alpha value is -3.16. The van der Waals surface area contributed by atoms with E-state index in [4.69, 9.17) is 0 Å². The van der Waals surface area contributed by atoms with Gasteiger partial charge in [-0.3, -0.25) is 14.6 Å². The minimum Gasteiger partial charge on any atom is -0.361 e. The first-order chi connectivity index (χ1) is 20.5. The molecule has 1 N–H and O–H groups in total. The summed E-state index contributed by atoms with van der Waals surface area (Å²) in [6.07, 6.45) is -0.293. The zero-order chi connectivity index (χ0) is 31.1. The van der Waals surface area contributed by atoms with Crippen molar-refractivity contribution in [3.63, 3.8) is 0 Å². The number of piperazine rings is 1. The molecule has 1 aliphatic heterocycles. The van der Waals surface area contributed by atoms with Gasteiger partial charge in [0.05, 0.1) is 23.7 Å². The van der Waals surface area contributed by atoms with E-state index in [1.807, 2.05) is 13.8 Å². The maximum atomic E-state index is 14.2. The highest BCUT2D eigenvalue weighted by molar-refractivity contribution is 7.16. The van der Waals surface area contributed by atoms with Crippen LogP contribution in [0.4, 0.5) is 28.5 Å². The zero-order valence-corrected chi connectivity index (χ0v) is 25.9. The molecule has 1 atom stereocenters. The van der Waals surface area contributed by atoms with Gasteiger partial charge in [0, 0.05) is 55.6 Å². The monoisotopic (exact) mass is 621 g/mol. The number of ketones is 1. The minimum absolute atomic E-state index is 0.0615. The van der Waals surface area contributed by atoms with Crippen molar-refractivity contribution in [1.82, 2.24) is 24.8 Å². The number of Topliss-reactive ketones (excluding diaryl/α,β-unsaturated/α-hetero) is 1. The van der Waals surface area contributed by atoms with Crippen LogP contribution in [0.5, 0.6) is 0 Å². The molecule has 0 saturated carbocycles. The van der Waals surface area contributed by atoms with Gasteiger partial charge in [-0.05, 0) is 51.2 Å². The SMILES string of the molecule is CCCN1CCN(c2cnc(C(=O)CCNc3nc(-c4cc(F)cc(C(F)(F)F)c4)c(CN(CC)CC)s3)cn2)C[C@H]1C. The standard InChI is InChI=1S/C30H39F4N7OS/c1-5-10-40-11-12-41(18-20(40)4)27-17-36-24(16-37-27)25(42)8-9-35-29-38-28(26(43-29)19-39(6-2)7-3)21-13-22(30(32,33)34)15-23(31)14-21/h13-17,20H,5-12,18-19H2,1-4H3,(H,35,38)/t20-/m1/s1. The third kappa shape index (κ3) is 8.48. The largest absolute Gasteiger partial charge is 0.416 e. The van der Waals surface area contributed by atoms with Crippen molar-refractivity contribution in [2.75, 3.05) is 56.0 Å². The Morgan fingerprint density at radius 2 is 1.88 bits per heavy atom. The Morgan fingerprint density at radius 1 is 1.12 bits per heavy atom. The molecule has 1 saturated heterocycles. The molecule has 1 aliphatic rings. The van der Waals surface area contributed by atoms with Crippen molar-refractivity contribution in [2.24, 2.45) is 0 Å². The van der Waals surface area contributed by atoms with Crippen LogP contribution < -0.4 is 10.2 Å². The highest BCUT2D eigenvalue weighted by atomic mass is 32.1. The van der Waals surface area contributed by atoms with E-state index < -0.39 is 17.6 Å². The second kappa shape index (κ2) is 14.5. The number of carbonyl (C=O) groups is 1. The van der Waals surface area contributed by atoms with Crippen LogP contribution in [-0.4, -0.2) is 82.4 Å². The highest BCUT2D eigenvalue weighted by Gasteiger charge is 2.32. The van der Waals surface area contributed by atoms with Gasteiger partial charge in [-0.25, -0.2) is 19.3 Å². The Balaban J connectivity index is 1.42. The topological polar surface area (TPSA) is 77.5 Å². The molecule has 0 bridgehead atoms. The van der Waals surface area contributed by atoms with Crippen LogP contribution in [-0.2, 0) is 12.7 Å². The number of rotatable bonds is 13. The van der Waals surface area contributed by atoms with E-state index in [1.165, 1.54) is 17.5 Å². The van der Waals surface area contributed by atoms with Crippen molar-refractivity contribution >= 4 is 28.1 Å². The normalized spacial score (nSPS) is 16.2. The summed E-state index contributed by atoms with van der Waals surface area (Å²) < 4.78 is 54.4. The highest BCUT2D eigenvalue weighted by Crippen LogP contribution is 2.37. The average Bonchev–Trinajstić information content (AvgIpc) is 3.38. The minimum atomic E-state index is -4.68. The number of halogens is 4. The number of alkyl halides is 3. The van der Waals surface area contributed by atoms with Gasteiger partial charge in [-0.1, -0.05) is 20.8 Å². The van der Waals surface area contributed by atoms with Gasteiger partial charge in [0.15, 0.2) is 10.9 Å². The molecule has 0 aliphatic carbocycles. The van der Waals surface area contributed by atoms with Gasteiger partial charge in [0.2, 0.25) is 0 Å². The number of aromatic nitrogens is 3. The van der Waals surface area contributed by atoms with Gasteiger partial charge in [-0.15, -0.1) is 11.3 Å². The molecule has 4 rings (SSSR count). The van der Waals surface area contributed by atoms with Gasteiger partial charge in [0.25, 0.3) is 0 Å². The van der Waals surface area contributed by atoms with Crippen molar-refractivity contribution < 1.29 is 22.4 Å². The third-order valence-electron chi connectivity index (χ3n) is 7.61. The fourth-order valence-corrected chi connectivity index (χ4v) is 6.21. The summed E-state index contributed by atoms with van der Waals surface area (Å²) >= 11 is 1.29. The van der Waals surface area contributed by atoms with Crippen LogP contribution in [0.15, 0.2) is 30.6 Å². The van der Waals surface area contributed by atoms with E-state index in [1.54, 1.807) is 6.20 Å². The maximum Gasteiger partial charge on any atom is 0.416 e. The molecular formula is C30H39F4N7OS. The molecule has 43 heavy (non-hydrogen) atoms. The van der Waals surface area contributed by atoms with Crippen LogP contribution in [0.3, 0.4) is 0 Å². The summed E-state index contributed by atoms with van der Waals surface area (Å²) in [7, 11) is 0. The van der Waals surface area contributed by atoms with Crippen LogP contribution in [0.1, 0.15) is 61.5 Å². The second-order valence-corrected chi connectivity index (χ2v) is 11.8. The molecule has 0 radical (unpaired) electrons. The number of hydrogen-bond acceptors (Lipinski definition) is 9. The number of nitrogens with one attached hydrogen (secondary N) is 1. The molecule has 1 fully saturated rings. The Morgan fingerprint density at radius 3 is 2.51 bits per heavy atom. The fourth-order valence-electron chi connectivity index (χ4n) is 5.16. The summed E-state index contributed by atoms with van der Waals surface area (Å²) in [5.74, 6) is -0.417. The van der Waals surface area contributed by atoms with E-state index in [2.05, 4.69) is 48.8 Å². The maximum absolute atomic E-state index is 14.2. The van der Waals surface area contributed by atoms with Crippen molar-refractivity contribution in [2.45, 2.75) is 59.3 Å². The molecule has 2 aromatic heterocycles. The third-order valence-corrected chi connectivity index (χ3v) is 8.61. The Labute approximate surface area is 254 Å². The fraction of sp³-hybridized carbons (Fsp3) is 0.533. The zero-order valence-electron chi connectivity index (χ0n) is 25.0. The Kier molecular flexibility index (Phi) is 11.1. The van der Waals surface area contributed by atoms with Crippen LogP contribution in [0.2, 0.25) is 0 Å². The van der Waals surface area contributed by atoms with Crippen molar-refractivity contribution in [3.8, 4) is 11.3 Å². The lowest BCUT2D eigenvalue weighted by Crippen LogP contribution is -2.52. The first kappa shape index (κ1) is 32.7. The van der Waals surface area contributed by atoms with E-state index in [-0.39, 0.29) is 30.0 Å². The molecule has 234 valence electrons. The smallest absolute Gasteiger partial charge is 0.361 e. The van der Waals surface area contributed by atoms with Gasteiger partial charge >= 0.3 is 6.18 Å². The molecule has 0 amide bonds. The molecule has 8 nitrogen and oxygen atoms in total. The first-order valence-electron chi connectivity index (χ1n) is 14.7. The second-order valence-electron chi connectivity index (χ2n) is 10.7. The van der Waals surface area contributed by atoms with Crippen molar-refractivity contribution in [1.29, 1.82) is 0 Å². The van der Waals surface area contributed by atoms with E-state index >= 15 is 0 Å². The number of hydrogen-bond donors (Lipinski definition) is 1. The van der Waals surface area contributed by atoms with Gasteiger partial charge < -0.3 is 10.2 Å². The van der Waals surface area contributed by atoms with Crippen LogP contribution in [0, 0.1) is 5.82 Å². The summed E-state index contributed by atoms with van der Waals surface area (Å²) in [6.45, 7) is 14.3. The molecule has 13 heteroatoms. The number of thiazole rings is 1. The molecule has 0 unspecified atom stereocenters. The molecular weight excluding hydrogens is 582 g/mol. The molecule has 0 spiro atoms. The van der Waals surface area contributed by atoms with E-state index in [9.17, 15) is 22.4 Å². The molecule has 1 aromatic carbocycles. The number of nitrogens with zero attached hydrogens (tertiary/aromatic N) is 6. The van der Waals surface area contributed by atoms with Gasteiger partial charge in [-0.2, -0.15) is 13.2 Å². The number of anilines is 2. The Bertz CT molecular complexity index is 1360. The number of benzene rings is 1. The summed E-state index contributed by atoms with van der Waals surface area (Å²) in [5.41, 5.74) is -0.442. The van der Waals surface area contributed by atoms with Crippen LogP contribution >= 0.6 is 11.3 Å². The molecule has 3 aromatic rings. The predicted octanol–water partition coefficient (Wildman–Crippen LogP) is 6.21. The molecule has 3 heterocycles. The van der Waals surface area contributed by atoms with E-state index in [0.29, 0.717) is 34.4 Å². The predicted molar refractivity (Wildman–Crippen MR) is 162 cm³/mol. The van der Waals surface area contributed by atoms with Crippen molar-refractivity contribution in [3.05, 3.63) is 52.5 Å². The first-order valence-corrected chi connectivity index (χ1v) is 15.5. The summed E-state index contributed by atoms with van der Waals surface area (Å²) in [6, 6.07) is 2.88. The average molecular weight is 622 g/mol. The summed E-state index contributed by atoms with van der Waals surface area (Å²) in [4.78, 5) is 33.7. The quantitative estimate of drug-likeness (QED) is 0.179. The lowest BCUT2D eigenvalue weighted by Gasteiger charge is -2.40.